The lowest BCUT2D eigenvalue weighted by Crippen LogP contribution is -2.50. The summed E-state index contributed by atoms with van der Waals surface area (Å²) in [5.41, 5.74) is 5.85. The molecule has 2 heterocycles. The van der Waals surface area contributed by atoms with Crippen molar-refractivity contribution in [3.63, 3.8) is 0 Å². The van der Waals surface area contributed by atoms with Crippen molar-refractivity contribution in [1.82, 2.24) is 9.97 Å². The summed E-state index contributed by atoms with van der Waals surface area (Å²) < 4.78 is 5.53. The number of aliphatic hydroxyl groups is 1. The normalized spacial score (nSPS) is 23.6. The van der Waals surface area contributed by atoms with E-state index in [1.165, 1.54) is 0 Å². The van der Waals surface area contributed by atoms with Gasteiger partial charge in [-0.1, -0.05) is 6.92 Å². The first kappa shape index (κ1) is 14.0. The topological polar surface area (TPSA) is 84.5 Å². The average Bonchev–Trinajstić information content (AvgIpc) is 2.39. The van der Waals surface area contributed by atoms with Crippen molar-refractivity contribution in [2.45, 2.75) is 38.8 Å². The maximum Gasteiger partial charge on any atom is 0.134 e. The van der Waals surface area contributed by atoms with Gasteiger partial charge in [-0.25, -0.2) is 9.97 Å². The van der Waals surface area contributed by atoms with Crippen LogP contribution in [0.1, 0.15) is 26.1 Å². The number of aromatic nitrogens is 2. The zero-order valence-electron chi connectivity index (χ0n) is 11.5. The van der Waals surface area contributed by atoms with E-state index in [1.54, 1.807) is 6.07 Å². The highest BCUT2D eigenvalue weighted by molar-refractivity contribution is 5.48. The molecule has 19 heavy (non-hydrogen) atoms. The quantitative estimate of drug-likeness (QED) is 0.830. The standard InChI is InChI=1S/C13H22N4O2/c1-3-4-12-15-11(14)5-13(16-12)17-6-10(7-18)19-8-9(17)2/h5,9-10,18H,3-4,6-8H2,1-2H3,(H2,14,15,16). The van der Waals surface area contributed by atoms with Gasteiger partial charge in [-0.3, -0.25) is 0 Å². The van der Waals surface area contributed by atoms with E-state index >= 15 is 0 Å². The zero-order chi connectivity index (χ0) is 13.8. The van der Waals surface area contributed by atoms with E-state index in [2.05, 4.69) is 28.7 Å². The van der Waals surface area contributed by atoms with Crippen molar-refractivity contribution in [2.24, 2.45) is 0 Å². The highest BCUT2D eigenvalue weighted by atomic mass is 16.5. The molecular weight excluding hydrogens is 244 g/mol. The third-order valence-corrected chi connectivity index (χ3v) is 3.26. The molecule has 0 radical (unpaired) electrons. The average molecular weight is 266 g/mol. The summed E-state index contributed by atoms with van der Waals surface area (Å²) in [6.07, 6.45) is 1.64. The first-order valence-corrected chi connectivity index (χ1v) is 6.76. The third-order valence-electron chi connectivity index (χ3n) is 3.26. The van der Waals surface area contributed by atoms with Gasteiger partial charge in [0.15, 0.2) is 0 Å². The Bertz CT molecular complexity index is 427. The minimum absolute atomic E-state index is 0.0194. The Hall–Kier alpha value is -1.40. The lowest BCUT2D eigenvalue weighted by Gasteiger charge is -2.38. The van der Waals surface area contributed by atoms with Gasteiger partial charge < -0.3 is 20.5 Å². The number of ether oxygens (including phenoxy) is 1. The van der Waals surface area contributed by atoms with Gasteiger partial charge in [0.2, 0.25) is 0 Å². The maximum absolute atomic E-state index is 9.23. The number of rotatable bonds is 4. The molecule has 2 rings (SSSR count). The number of nitrogen functional groups attached to an aromatic ring is 1. The molecule has 2 unspecified atom stereocenters. The van der Waals surface area contributed by atoms with Crippen LogP contribution in [0.4, 0.5) is 11.6 Å². The minimum Gasteiger partial charge on any atom is -0.394 e. The van der Waals surface area contributed by atoms with Gasteiger partial charge in [-0.15, -0.1) is 0 Å². The van der Waals surface area contributed by atoms with Crippen LogP contribution in [0.15, 0.2) is 6.07 Å². The Morgan fingerprint density at radius 1 is 1.53 bits per heavy atom. The first-order chi connectivity index (χ1) is 9.13. The maximum atomic E-state index is 9.23. The zero-order valence-corrected chi connectivity index (χ0v) is 11.5. The van der Waals surface area contributed by atoms with E-state index in [4.69, 9.17) is 10.5 Å². The smallest absolute Gasteiger partial charge is 0.134 e. The molecular formula is C13H22N4O2. The van der Waals surface area contributed by atoms with Crippen molar-refractivity contribution >= 4 is 11.6 Å². The molecule has 1 saturated heterocycles. The fourth-order valence-electron chi connectivity index (χ4n) is 2.23. The molecule has 6 nitrogen and oxygen atoms in total. The van der Waals surface area contributed by atoms with Gasteiger partial charge in [0, 0.05) is 19.0 Å². The van der Waals surface area contributed by atoms with Gasteiger partial charge in [-0.05, 0) is 13.3 Å². The van der Waals surface area contributed by atoms with E-state index < -0.39 is 0 Å². The molecule has 0 amide bonds. The van der Waals surface area contributed by atoms with Crippen LogP contribution in [-0.2, 0) is 11.2 Å². The lowest BCUT2D eigenvalue weighted by molar-refractivity contribution is -0.0105. The van der Waals surface area contributed by atoms with Crippen LogP contribution in [0, 0.1) is 0 Å². The number of hydrogen-bond donors (Lipinski definition) is 2. The van der Waals surface area contributed by atoms with Crippen LogP contribution in [0.3, 0.4) is 0 Å². The largest absolute Gasteiger partial charge is 0.394 e. The first-order valence-electron chi connectivity index (χ1n) is 6.76. The van der Waals surface area contributed by atoms with Crippen LogP contribution in [-0.4, -0.2) is 47.0 Å². The molecule has 0 saturated carbocycles. The molecule has 1 aromatic rings. The van der Waals surface area contributed by atoms with E-state index in [-0.39, 0.29) is 18.8 Å². The lowest BCUT2D eigenvalue weighted by atomic mass is 10.2. The fourth-order valence-corrected chi connectivity index (χ4v) is 2.23. The van der Waals surface area contributed by atoms with Crippen molar-refractivity contribution in [2.75, 3.05) is 30.4 Å². The SMILES string of the molecule is CCCc1nc(N)cc(N2CC(CO)OCC2C)n1. The summed E-state index contributed by atoms with van der Waals surface area (Å²) in [5.74, 6) is 2.09. The molecule has 1 fully saturated rings. The summed E-state index contributed by atoms with van der Waals surface area (Å²) in [6, 6.07) is 2.00. The highest BCUT2D eigenvalue weighted by Crippen LogP contribution is 2.21. The second kappa shape index (κ2) is 6.16. The number of nitrogens with zero attached hydrogens (tertiary/aromatic N) is 3. The fraction of sp³-hybridized carbons (Fsp3) is 0.692. The Balaban J connectivity index is 2.23. The Morgan fingerprint density at radius 2 is 2.32 bits per heavy atom. The van der Waals surface area contributed by atoms with Crippen molar-refractivity contribution in [3.05, 3.63) is 11.9 Å². The summed E-state index contributed by atoms with van der Waals surface area (Å²) in [4.78, 5) is 10.9. The minimum atomic E-state index is -0.165. The molecule has 6 heteroatoms. The number of hydrogen-bond acceptors (Lipinski definition) is 6. The Kier molecular flexibility index (Phi) is 4.55. The van der Waals surface area contributed by atoms with E-state index in [9.17, 15) is 5.11 Å². The molecule has 1 aromatic heterocycles. The van der Waals surface area contributed by atoms with Crippen LogP contribution < -0.4 is 10.6 Å². The molecule has 106 valence electrons. The van der Waals surface area contributed by atoms with Gasteiger partial charge in [0.25, 0.3) is 0 Å². The van der Waals surface area contributed by atoms with Crippen LogP contribution in [0.2, 0.25) is 0 Å². The van der Waals surface area contributed by atoms with E-state index in [0.29, 0.717) is 19.0 Å². The number of aryl methyl sites for hydroxylation is 1. The molecule has 3 N–H and O–H groups in total. The number of anilines is 2. The number of morpholine rings is 1. The second-order valence-electron chi connectivity index (χ2n) is 4.96. The molecule has 1 aliphatic heterocycles. The predicted molar refractivity (Wildman–Crippen MR) is 74.1 cm³/mol. The monoisotopic (exact) mass is 266 g/mol. The van der Waals surface area contributed by atoms with E-state index in [1.807, 2.05) is 0 Å². The van der Waals surface area contributed by atoms with Gasteiger partial charge in [0.05, 0.1) is 25.4 Å². The summed E-state index contributed by atoms with van der Waals surface area (Å²) in [7, 11) is 0. The molecule has 1 aliphatic rings. The predicted octanol–water partition coefficient (Wildman–Crippen LogP) is 0.597. The van der Waals surface area contributed by atoms with Crippen molar-refractivity contribution in [1.29, 1.82) is 0 Å². The van der Waals surface area contributed by atoms with Gasteiger partial charge >= 0.3 is 0 Å². The molecule has 0 aromatic carbocycles. The summed E-state index contributed by atoms with van der Waals surface area (Å²) in [6.45, 7) is 5.39. The number of nitrogens with two attached hydrogens (primary N) is 1. The second-order valence-corrected chi connectivity index (χ2v) is 4.96. The number of aliphatic hydroxyl groups excluding tert-OH is 1. The summed E-state index contributed by atoms with van der Waals surface area (Å²) in [5, 5.41) is 9.23. The van der Waals surface area contributed by atoms with E-state index in [0.717, 1.165) is 24.5 Å². The van der Waals surface area contributed by atoms with Crippen LogP contribution >= 0.6 is 0 Å². The molecule has 2 atom stereocenters. The van der Waals surface area contributed by atoms with Crippen LogP contribution in [0.5, 0.6) is 0 Å². The van der Waals surface area contributed by atoms with Crippen LogP contribution in [0.25, 0.3) is 0 Å². The Labute approximate surface area is 113 Å². The summed E-state index contributed by atoms with van der Waals surface area (Å²) >= 11 is 0. The molecule has 0 spiro atoms. The van der Waals surface area contributed by atoms with Crippen molar-refractivity contribution < 1.29 is 9.84 Å². The highest BCUT2D eigenvalue weighted by Gasteiger charge is 2.27. The van der Waals surface area contributed by atoms with Crippen molar-refractivity contribution in [3.8, 4) is 0 Å². The Morgan fingerprint density at radius 3 is 3.00 bits per heavy atom. The third kappa shape index (κ3) is 3.33. The molecule has 0 aliphatic carbocycles. The van der Waals surface area contributed by atoms with Gasteiger partial charge in [-0.2, -0.15) is 0 Å². The van der Waals surface area contributed by atoms with Gasteiger partial charge in [0.1, 0.15) is 17.5 Å². The molecule has 0 bridgehead atoms.